The van der Waals surface area contributed by atoms with Crippen molar-refractivity contribution >= 4 is 5.91 Å². The monoisotopic (exact) mass is 386 g/mol. The number of nitrogens with zero attached hydrogens (tertiary/aromatic N) is 3. The van der Waals surface area contributed by atoms with Gasteiger partial charge in [-0.2, -0.15) is 5.10 Å². The number of benzene rings is 1. The molecule has 1 N–H and O–H groups in total. The van der Waals surface area contributed by atoms with Gasteiger partial charge in [0.1, 0.15) is 11.5 Å². The zero-order valence-corrected chi connectivity index (χ0v) is 16.2. The summed E-state index contributed by atoms with van der Waals surface area (Å²) in [5, 5.41) is 7.75. The van der Waals surface area contributed by atoms with Gasteiger partial charge in [0, 0.05) is 36.6 Å². The number of para-hydroxylation sites is 1. The minimum absolute atomic E-state index is 0.00516. The third kappa shape index (κ3) is 4.43. The zero-order valence-electron chi connectivity index (χ0n) is 16.2. The van der Waals surface area contributed by atoms with E-state index in [9.17, 15) is 4.79 Å². The lowest BCUT2D eigenvalue weighted by atomic mass is 10.1. The highest BCUT2D eigenvalue weighted by molar-refractivity contribution is 6.00. The number of aryl methyl sites for hydroxylation is 1. The topological polar surface area (TPSA) is 73.0 Å². The Labute approximate surface area is 169 Å². The van der Waals surface area contributed by atoms with Crippen molar-refractivity contribution in [2.24, 2.45) is 0 Å². The largest absolute Gasteiger partial charge is 0.469 e. The van der Waals surface area contributed by atoms with Gasteiger partial charge in [0.2, 0.25) is 0 Å². The molecule has 0 saturated heterocycles. The quantitative estimate of drug-likeness (QED) is 0.515. The summed E-state index contributed by atoms with van der Waals surface area (Å²) in [6, 6.07) is 17.3. The van der Waals surface area contributed by atoms with Crippen LogP contribution in [0.5, 0.6) is 0 Å². The van der Waals surface area contributed by atoms with Gasteiger partial charge >= 0.3 is 0 Å². The molecule has 1 aromatic carbocycles. The molecule has 0 saturated carbocycles. The highest BCUT2D eigenvalue weighted by atomic mass is 16.3. The Kier molecular flexibility index (Phi) is 5.52. The number of pyridine rings is 1. The number of amides is 1. The second-order valence-corrected chi connectivity index (χ2v) is 6.91. The van der Waals surface area contributed by atoms with Gasteiger partial charge in [0.25, 0.3) is 5.91 Å². The minimum atomic E-state index is -0.155. The van der Waals surface area contributed by atoms with Crippen LogP contribution in [-0.4, -0.2) is 26.7 Å². The number of carbonyl (C=O) groups excluding carboxylic acids is 1. The van der Waals surface area contributed by atoms with Crippen LogP contribution < -0.4 is 5.32 Å². The van der Waals surface area contributed by atoms with Gasteiger partial charge in [-0.25, -0.2) is 4.68 Å². The number of rotatable bonds is 7. The van der Waals surface area contributed by atoms with Crippen molar-refractivity contribution in [3.8, 4) is 16.9 Å². The molecule has 0 aliphatic carbocycles. The Morgan fingerprint density at radius 2 is 2.00 bits per heavy atom. The highest BCUT2D eigenvalue weighted by Crippen LogP contribution is 2.23. The molecule has 146 valence electrons. The van der Waals surface area contributed by atoms with Crippen LogP contribution in [0, 0.1) is 0 Å². The lowest BCUT2D eigenvalue weighted by molar-refractivity contribution is 0.0938. The summed E-state index contributed by atoms with van der Waals surface area (Å²) in [5.41, 5.74) is 2.82. The summed E-state index contributed by atoms with van der Waals surface area (Å²) in [5.74, 6) is 0.761. The van der Waals surface area contributed by atoms with E-state index in [2.05, 4.69) is 15.4 Å². The molecular weight excluding hydrogens is 364 g/mol. The molecule has 4 aromatic rings. The molecule has 1 amide bonds. The fourth-order valence-electron chi connectivity index (χ4n) is 3.16. The fraction of sp³-hybridized carbons (Fsp3) is 0.174. The molecule has 0 unspecified atom stereocenters. The van der Waals surface area contributed by atoms with Crippen LogP contribution in [0.15, 0.2) is 83.9 Å². The SMILES string of the molecule is C[C@H](CCc1ccco1)NC(=O)c1cn(-c2ccccc2)nc1-c1cccnc1. The summed E-state index contributed by atoms with van der Waals surface area (Å²) >= 11 is 0. The van der Waals surface area contributed by atoms with E-state index in [0.29, 0.717) is 11.3 Å². The number of aromatic nitrogens is 3. The normalized spacial score (nSPS) is 11.9. The number of nitrogens with one attached hydrogen (secondary N) is 1. The molecule has 0 spiro atoms. The molecule has 0 aliphatic rings. The Morgan fingerprint density at radius 1 is 1.14 bits per heavy atom. The molecule has 6 nitrogen and oxygen atoms in total. The van der Waals surface area contributed by atoms with Crippen LogP contribution in [0.25, 0.3) is 16.9 Å². The summed E-state index contributed by atoms with van der Waals surface area (Å²) in [7, 11) is 0. The van der Waals surface area contributed by atoms with Crippen molar-refractivity contribution in [2.45, 2.75) is 25.8 Å². The molecule has 0 bridgehead atoms. The van der Waals surface area contributed by atoms with E-state index in [1.54, 1.807) is 29.5 Å². The van der Waals surface area contributed by atoms with Crippen molar-refractivity contribution in [3.05, 3.63) is 90.8 Å². The van der Waals surface area contributed by atoms with Crippen LogP contribution in [0.4, 0.5) is 0 Å². The molecule has 0 radical (unpaired) electrons. The average Bonchev–Trinajstić information content (AvgIpc) is 3.44. The van der Waals surface area contributed by atoms with Crippen LogP contribution >= 0.6 is 0 Å². The number of hydrogen-bond acceptors (Lipinski definition) is 4. The molecule has 3 heterocycles. The Balaban J connectivity index is 1.57. The first-order valence-corrected chi connectivity index (χ1v) is 9.59. The van der Waals surface area contributed by atoms with Crippen molar-refractivity contribution in [1.82, 2.24) is 20.1 Å². The van der Waals surface area contributed by atoms with Gasteiger partial charge in [0.05, 0.1) is 17.5 Å². The van der Waals surface area contributed by atoms with Crippen LogP contribution in [-0.2, 0) is 6.42 Å². The minimum Gasteiger partial charge on any atom is -0.469 e. The van der Waals surface area contributed by atoms with Gasteiger partial charge in [0.15, 0.2) is 0 Å². The van der Waals surface area contributed by atoms with Gasteiger partial charge in [-0.05, 0) is 49.7 Å². The van der Waals surface area contributed by atoms with Crippen molar-refractivity contribution < 1.29 is 9.21 Å². The zero-order chi connectivity index (χ0) is 20.1. The number of hydrogen-bond donors (Lipinski definition) is 1. The maximum atomic E-state index is 13.0. The predicted octanol–water partition coefficient (Wildman–Crippen LogP) is 4.28. The van der Waals surface area contributed by atoms with Gasteiger partial charge < -0.3 is 9.73 Å². The predicted molar refractivity (Wildman–Crippen MR) is 111 cm³/mol. The van der Waals surface area contributed by atoms with Crippen molar-refractivity contribution in [2.75, 3.05) is 0 Å². The van der Waals surface area contributed by atoms with Crippen LogP contribution in [0.3, 0.4) is 0 Å². The Hall–Kier alpha value is -3.67. The smallest absolute Gasteiger partial charge is 0.255 e. The Bertz CT molecular complexity index is 1060. The fourth-order valence-corrected chi connectivity index (χ4v) is 3.16. The summed E-state index contributed by atoms with van der Waals surface area (Å²) in [6.45, 7) is 1.99. The molecule has 4 rings (SSSR count). The summed E-state index contributed by atoms with van der Waals surface area (Å²) in [4.78, 5) is 17.2. The maximum Gasteiger partial charge on any atom is 0.255 e. The van der Waals surface area contributed by atoms with E-state index < -0.39 is 0 Å². The van der Waals surface area contributed by atoms with E-state index in [0.717, 1.165) is 29.9 Å². The lowest BCUT2D eigenvalue weighted by Gasteiger charge is -2.13. The van der Waals surface area contributed by atoms with Crippen LogP contribution in [0.1, 0.15) is 29.5 Å². The van der Waals surface area contributed by atoms with Gasteiger partial charge in [-0.3, -0.25) is 9.78 Å². The molecular formula is C23H22N4O2. The molecule has 3 aromatic heterocycles. The lowest BCUT2D eigenvalue weighted by Crippen LogP contribution is -2.33. The van der Waals surface area contributed by atoms with Crippen molar-refractivity contribution in [3.63, 3.8) is 0 Å². The first-order valence-electron chi connectivity index (χ1n) is 9.59. The molecule has 1 atom stereocenters. The van der Waals surface area contributed by atoms with Crippen molar-refractivity contribution in [1.29, 1.82) is 0 Å². The van der Waals surface area contributed by atoms with Gasteiger partial charge in [-0.15, -0.1) is 0 Å². The second-order valence-electron chi connectivity index (χ2n) is 6.91. The van der Waals surface area contributed by atoms with E-state index in [1.165, 1.54) is 0 Å². The molecule has 0 aliphatic heterocycles. The van der Waals surface area contributed by atoms with E-state index in [-0.39, 0.29) is 11.9 Å². The molecule has 6 heteroatoms. The first-order chi connectivity index (χ1) is 14.2. The van der Waals surface area contributed by atoms with E-state index in [1.807, 2.05) is 61.5 Å². The molecule has 0 fully saturated rings. The van der Waals surface area contributed by atoms with Gasteiger partial charge in [-0.1, -0.05) is 18.2 Å². The van der Waals surface area contributed by atoms with Crippen LogP contribution in [0.2, 0.25) is 0 Å². The summed E-state index contributed by atoms with van der Waals surface area (Å²) in [6.07, 6.45) is 8.41. The summed E-state index contributed by atoms with van der Waals surface area (Å²) < 4.78 is 7.10. The van der Waals surface area contributed by atoms with E-state index >= 15 is 0 Å². The number of furan rings is 1. The maximum absolute atomic E-state index is 13.0. The average molecular weight is 386 g/mol. The standard InChI is InChI=1S/C23H22N4O2/c1-17(11-12-20-10-6-14-29-20)25-23(28)21-16-27(19-8-3-2-4-9-19)26-22(21)18-7-5-13-24-15-18/h2-10,13-17H,11-12H2,1H3,(H,25,28)/t17-/m1/s1. The molecule has 29 heavy (non-hydrogen) atoms. The third-order valence-electron chi connectivity index (χ3n) is 4.70. The first kappa shape index (κ1) is 18.7. The highest BCUT2D eigenvalue weighted by Gasteiger charge is 2.20. The third-order valence-corrected chi connectivity index (χ3v) is 4.70. The number of carbonyl (C=O) groups is 1. The Morgan fingerprint density at radius 3 is 2.72 bits per heavy atom. The van der Waals surface area contributed by atoms with E-state index in [4.69, 9.17) is 4.42 Å². The second kappa shape index (κ2) is 8.56.